The first kappa shape index (κ1) is 13.9. The van der Waals surface area contributed by atoms with Crippen LogP contribution in [0.25, 0.3) is 0 Å². The molecule has 0 saturated heterocycles. The Labute approximate surface area is 123 Å². The highest BCUT2D eigenvalue weighted by molar-refractivity contribution is 5.56. The molecule has 0 amide bonds. The SMILES string of the molecule is Cc1cc(Nc2cnnc(Nc3ccc(F)cc3F)n2)no1. The highest BCUT2D eigenvalue weighted by Gasteiger charge is 2.08. The van der Waals surface area contributed by atoms with E-state index in [-0.39, 0.29) is 11.6 Å². The van der Waals surface area contributed by atoms with Crippen molar-refractivity contribution < 1.29 is 13.3 Å². The van der Waals surface area contributed by atoms with Crippen LogP contribution in [0.3, 0.4) is 0 Å². The number of nitrogens with zero attached hydrogens (tertiary/aromatic N) is 4. The third-order valence-electron chi connectivity index (χ3n) is 2.62. The minimum absolute atomic E-state index is 0.0395. The van der Waals surface area contributed by atoms with Crippen molar-refractivity contribution in [3.05, 3.63) is 47.9 Å². The average Bonchev–Trinajstić information content (AvgIpc) is 2.88. The lowest BCUT2D eigenvalue weighted by Crippen LogP contribution is -2.03. The van der Waals surface area contributed by atoms with Gasteiger partial charge in [0.1, 0.15) is 17.4 Å². The van der Waals surface area contributed by atoms with Crippen molar-refractivity contribution in [2.75, 3.05) is 10.6 Å². The predicted octanol–water partition coefficient (Wildman–Crippen LogP) is 2.93. The zero-order chi connectivity index (χ0) is 15.5. The molecule has 0 unspecified atom stereocenters. The summed E-state index contributed by atoms with van der Waals surface area (Å²) in [6.07, 6.45) is 1.37. The molecule has 2 heterocycles. The van der Waals surface area contributed by atoms with Crippen LogP contribution in [0.1, 0.15) is 5.76 Å². The van der Waals surface area contributed by atoms with E-state index < -0.39 is 11.6 Å². The number of rotatable bonds is 4. The Hall–Kier alpha value is -3.10. The van der Waals surface area contributed by atoms with Gasteiger partial charge in [-0.25, -0.2) is 8.78 Å². The van der Waals surface area contributed by atoms with Crippen LogP contribution in [0.2, 0.25) is 0 Å². The van der Waals surface area contributed by atoms with Gasteiger partial charge in [0, 0.05) is 12.1 Å². The van der Waals surface area contributed by atoms with Crippen molar-refractivity contribution in [3.63, 3.8) is 0 Å². The Morgan fingerprint density at radius 2 is 1.95 bits per heavy atom. The van der Waals surface area contributed by atoms with Crippen molar-refractivity contribution in [1.29, 1.82) is 0 Å². The topological polar surface area (TPSA) is 88.8 Å². The monoisotopic (exact) mass is 304 g/mol. The van der Waals surface area contributed by atoms with Gasteiger partial charge in [-0.15, -0.1) is 5.10 Å². The molecule has 0 aliphatic rings. The minimum atomic E-state index is -0.755. The lowest BCUT2D eigenvalue weighted by Gasteiger charge is -2.06. The molecule has 0 aliphatic carbocycles. The first-order valence-electron chi connectivity index (χ1n) is 6.22. The van der Waals surface area contributed by atoms with Gasteiger partial charge in [0.2, 0.25) is 5.95 Å². The summed E-state index contributed by atoms with van der Waals surface area (Å²) in [5.74, 6) is 0.0604. The first-order chi connectivity index (χ1) is 10.6. The summed E-state index contributed by atoms with van der Waals surface area (Å²) in [7, 11) is 0. The molecule has 112 valence electrons. The number of nitrogens with one attached hydrogen (secondary N) is 2. The Balaban J connectivity index is 1.78. The summed E-state index contributed by atoms with van der Waals surface area (Å²) < 4.78 is 31.3. The average molecular weight is 304 g/mol. The molecular weight excluding hydrogens is 294 g/mol. The first-order valence-corrected chi connectivity index (χ1v) is 6.22. The number of halogens is 2. The quantitative estimate of drug-likeness (QED) is 0.766. The molecule has 0 atom stereocenters. The van der Waals surface area contributed by atoms with E-state index in [1.54, 1.807) is 13.0 Å². The van der Waals surface area contributed by atoms with Crippen LogP contribution in [0.15, 0.2) is 35.0 Å². The van der Waals surface area contributed by atoms with E-state index in [1.807, 2.05) is 0 Å². The summed E-state index contributed by atoms with van der Waals surface area (Å²) in [6, 6.07) is 4.80. The molecule has 0 radical (unpaired) electrons. The fraction of sp³-hybridized carbons (Fsp3) is 0.0769. The van der Waals surface area contributed by atoms with Gasteiger partial charge in [0.05, 0.1) is 11.9 Å². The lowest BCUT2D eigenvalue weighted by atomic mass is 10.3. The second-order valence-electron chi connectivity index (χ2n) is 4.36. The summed E-state index contributed by atoms with van der Waals surface area (Å²) in [5, 5.41) is 16.7. The summed E-state index contributed by atoms with van der Waals surface area (Å²) >= 11 is 0. The van der Waals surface area contributed by atoms with Crippen LogP contribution >= 0.6 is 0 Å². The van der Waals surface area contributed by atoms with Gasteiger partial charge >= 0.3 is 0 Å². The maximum absolute atomic E-state index is 13.6. The van der Waals surface area contributed by atoms with E-state index in [0.29, 0.717) is 17.4 Å². The predicted molar refractivity (Wildman–Crippen MR) is 74.0 cm³/mol. The third kappa shape index (κ3) is 3.14. The molecule has 1 aromatic carbocycles. The van der Waals surface area contributed by atoms with Gasteiger partial charge in [-0.2, -0.15) is 10.1 Å². The second-order valence-corrected chi connectivity index (χ2v) is 4.36. The van der Waals surface area contributed by atoms with Gasteiger partial charge in [-0.1, -0.05) is 5.16 Å². The summed E-state index contributed by atoms with van der Waals surface area (Å²) in [4.78, 5) is 4.10. The van der Waals surface area contributed by atoms with Gasteiger partial charge in [-0.05, 0) is 19.1 Å². The highest BCUT2D eigenvalue weighted by atomic mass is 19.1. The Kier molecular flexibility index (Phi) is 3.60. The number of aromatic nitrogens is 4. The van der Waals surface area contributed by atoms with Crippen molar-refractivity contribution in [1.82, 2.24) is 20.3 Å². The molecule has 3 aromatic rings. The molecular formula is C13H10F2N6O. The number of aryl methyl sites for hydroxylation is 1. The molecule has 0 bridgehead atoms. The van der Waals surface area contributed by atoms with Crippen molar-refractivity contribution in [2.24, 2.45) is 0 Å². The zero-order valence-electron chi connectivity index (χ0n) is 11.3. The van der Waals surface area contributed by atoms with Gasteiger partial charge in [0.25, 0.3) is 0 Å². The molecule has 0 spiro atoms. The smallest absolute Gasteiger partial charge is 0.249 e. The maximum Gasteiger partial charge on any atom is 0.249 e. The Morgan fingerprint density at radius 3 is 2.68 bits per heavy atom. The molecule has 3 rings (SSSR count). The molecule has 0 aliphatic heterocycles. The highest BCUT2D eigenvalue weighted by Crippen LogP contribution is 2.19. The molecule has 22 heavy (non-hydrogen) atoms. The molecule has 0 fully saturated rings. The fourth-order valence-electron chi connectivity index (χ4n) is 1.68. The van der Waals surface area contributed by atoms with E-state index >= 15 is 0 Å². The number of hydrogen-bond donors (Lipinski definition) is 2. The largest absolute Gasteiger partial charge is 0.360 e. The van der Waals surface area contributed by atoms with Crippen LogP contribution in [0, 0.1) is 18.6 Å². The van der Waals surface area contributed by atoms with E-state index in [4.69, 9.17) is 4.52 Å². The molecule has 2 aromatic heterocycles. The lowest BCUT2D eigenvalue weighted by molar-refractivity contribution is 0.400. The van der Waals surface area contributed by atoms with Gasteiger partial charge < -0.3 is 15.2 Å². The zero-order valence-corrected chi connectivity index (χ0v) is 11.3. The molecule has 2 N–H and O–H groups in total. The van der Waals surface area contributed by atoms with Crippen LogP contribution in [-0.4, -0.2) is 20.3 Å². The van der Waals surface area contributed by atoms with Crippen molar-refractivity contribution >= 4 is 23.3 Å². The van der Waals surface area contributed by atoms with Gasteiger partial charge in [-0.3, -0.25) is 0 Å². The normalized spacial score (nSPS) is 10.5. The van der Waals surface area contributed by atoms with Crippen LogP contribution in [0.5, 0.6) is 0 Å². The second kappa shape index (κ2) is 5.72. The molecule has 0 saturated carbocycles. The van der Waals surface area contributed by atoms with E-state index in [2.05, 4.69) is 31.0 Å². The van der Waals surface area contributed by atoms with Crippen LogP contribution in [-0.2, 0) is 0 Å². The van der Waals surface area contributed by atoms with Crippen LogP contribution < -0.4 is 10.6 Å². The Bertz CT molecular complexity index is 807. The van der Waals surface area contributed by atoms with E-state index in [1.165, 1.54) is 12.3 Å². The number of hydrogen-bond acceptors (Lipinski definition) is 7. The number of anilines is 4. The van der Waals surface area contributed by atoms with Crippen molar-refractivity contribution in [3.8, 4) is 0 Å². The number of benzene rings is 1. The fourth-order valence-corrected chi connectivity index (χ4v) is 1.68. The van der Waals surface area contributed by atoms with E-state index in [9.17, 15) is 8.78 Å². The molecule has 7 nitrogen and oxygen atoms in total. The van der Waals surface area contributed by atoms with Crippen molar-refractivity contribution in [2.45, 2.75) is 6.92 Å². The Morgan fingerprint density at radius 1 is 1.09 bits per heavy atom. The molecule has 9 heteroatoms. The summed E-state index contributed by atoms with van der Waals surface area (Å²) in [5.41, 5.74) is 0.0395. The van der Waals surface area contributed by atoms with Crippen LogP contribution in [0.4, 0.5) is 32.1 Å². The summed E-state index contributed by atoms with van der Waals surface area (Å²) in [6.45, 7) is 1.75. The maximum atomic E-state index is 13.6. The minimum Gasteiger partial charge on any atom is -0.360 e. The third-order valence-corrected chi connectivity index (χ3v) is 2.62. The van der Waals surface area contributed by atoms with Gasteiger partial charge in [0.15, 0.2) is 11.6 Å². The van der Waals surface area contributed by atoms with E-state index in [0.717, 1.165) is 12.1 Å². The standard InChI is InChI=1S/C13H10F2N6O/c1-7-4-11(21-22-7)18-12-6-16-20-13(19-12)17-10-3-2-8(14)5-9(10)15/h2-6H,1H3,(H2,17,18,19,20,21).